The lowest BCUT2D eigenvalue weighted by Crippen LogP contribution is -2.73. The fraction of sp³-hybridized carbons (Fsp3) is 0.895. The van der Waals surface area contributed by atoms with E-state index in [0.717, 1.165) is 14.0 Å². The molecule has 15 nitrogen and oxygen atoms in total. The maximum absolute atomic E-state index is 12.4. The Morgan fingerprint density at radius 2 is 1.76 bits per heavy atom. The van der Waals surface area contributed by atoms with E-state index in [1.54, 1.807) is 0 Å². The first kappa shape index (κ1) is 28.7. The van der Waals surface area contributed by atoms with Crippen molar-refractivity contribution in [2.75, 3.05) is 20.3 Å². The van der Waals surface area contributed by atoms with Crippen LogP contribution in [0.15, 0.2) is 0 Å². The zero-order chi connectivity index (χ0) is 26.0. The first-order valence-corrected chi connectivity index (χ1v) is 10.5. The van der Waals surface area contributed by atoms with Gasteiger partial charge in [0.15, 0.2) is 11.9 Å². The predicted molar refractivity (Wildman–Crippen MR) is 107 cm³/mol. The fourth-order valence-corrected chi connectivity index (χ4v) is 4.49. The van der Waals surface area contributed by atoms with Crippen LogP contribution >= 0.6 is 0 Å². The van der Waals surface area contributed by atoms with Crippen LogP contribution in [0.2, 0.25) is 0 Å². The molecule has 0 aromatic carbocycles. The van der Waals surface area contributed by atoms with E-state index >= 15 is 0 Å². The molecule has 2 saturated heterocycles. The van der Waals surface area contributed by atoms with Crippen LogP contribution in [0, 0.1) is 5.92 Å². The van der Waals surface area contributed by atoms with Gasteiger partial charge < -0.3 is 65.5 Å². The minimum Gasteiger partial charge on any atom is -0.479 e. The average Bonchev–Trinajstić information content (AvgIpc) is 2.78. The summed E-state index contributed by atoms with van der Waals surface area (Å²) in [6, 6.07) is -1.46. The Labute approximate surface area is 194 Å². The Kier molecular flexibility index (Phi) is 9.71. The van der Waals surface area contributed by atoms with E-state index in [1.807, 2.05) is 0 Å². The van der Waals surface area contributed by atoms with E-state index in [9.17, 15) is 55.5 Å². The number of hydrogen-bond donors (Lipinski definition) is 10. The molecule has 15 heteroatoms. The normalized spacial score (nSPS) is 41.4. The van der Waals surface area contributed by atoms with E-state index in [4.69, 9.17) is 14.2 Å². The molecule has 2 rings (SSSR count). The number of methoxy groups -OCH3 is 1. The topological polar surface area (TPSA) is 256 Å². The molecule has 0 bridgehead atoms. The Bertz CT molecular complexity index is 694. The maximum Gasteiger partial charge on any atom is 0.338 e. The molecule has 0 aromatic heterocycles. The lowest BCUT2D eigenvalue weighted by atomic mass is 9.72. The molecule has 0 spiro atoms. The number of carbonyl (C=O) groups is 2. The first-order valence-electron chi connectivity index (χ1n) is 10.5. The van der Waals surface area contributed by atoms with E-state index in [1.165, 1.54) is 0 Å². The summed E-state index contributed by atoms with van der Waals surface area (Å²) in [6.07, 6.45) is -17.2. The smallest absolute Gasteiger partial charge is 0.338 e. The van der Waals surface area contributed by atoms with Gasteiger partial charge in [0.1, 0.15) is 36.6 Å². The van der Waals surface area contributed by atoms with Gasteiger partial charge in [0, 0.05) is 26.4 Å². The van der Waals surface area contributed by atoms with Crippen molar-refractivity contribution in [3.63, 3.8) is 0 Å². The SMILES string of the molecule is COC1OC(CO)C(O)C([C@@H](O)C2(C(=O)O)CC(O)C(NC(C)=O)C(C(O)C(O)CO)O2)C1O. The number of carboxylic acid groups (broad SMARTS) is 1. The molecule has 11 unspecified atom stereocenters. The quantitative estimate of drug-likeness (QED) is 0.142. The maximum atomic E-state index is 12.4. The van der Waals surface area contributed by atoms with Crippen LogP contribution in [0.3, 0.4) is 0 Å². The second-order valence-electron chi connectivity index (χ2n) is 8.48. The summed E-state index contributed by atoms with van der Waals surface area (Å²) in [4.78, 5) is 24.0. The van der Waals surface area contributed by atoms with Crippen molar-refractivity contribution < 1.29 is 69.8 Å². The number of aliphatic hydroxyl groups is 8. The molecule has 1 amide bonds. The zero-order valence-electron chi connectivity index (χ0n) is 18.5. The number of aliphatic carboxylic acids is 1. The van der Waals surface area contributed by atoms with Gasteiger partial charge in [-0.25, -0.2) is 4.79 Å². The number of rotatable bonds is 9. The third kappa shape index (κ3) is 5.34. The van der Waals surface area contributed by atoms with Crippen molar-refractivity contribution in [3.05, 3.63) is 0 Å². The minimum absolute atomic E-state index is 0.698. The number of hydrogen-bond acceptors (Lipinski definition) is 13. The summed E-state index contributed by atoms with van der Waals surface area (Å²) in [7, 11) is 1.12. The minimum atomic E-state index is -2.79. The lowest BCUT2D eigenvalue weighted by molar-refractivity contribution is -0.315. The monoisotopic (exact) mass is 499 g/mol. The van der Waals surface area contributed by atoms with Gasteiger partial charge in [-0.3, -0.25) is 4.79 Å². The number of ether oxygens (including phenoxy) is 3. The van der Waals surface area contributed by atoms with Crippen LogP contribution in [0.5, 0.6) is 0 Å². The van der Waals surface area contributed by atoms with E-state index in [0.29, 0.717) is 0 Å². The molecule has 2 heterocycles. The third-order valence-electron chi connectivity index (χ3n) is 6.29. The molecule has 198 valence electrons. The Morgan fingerprint density at radius 3 is 2.24 bits per heavy atom. The Hall–Kier alpha value is -1.50. The van der Waals surface area contributed by atoms with Gasteiger partial charge in [0.05, 0.1) is 31.5 Å². The third-order valence-corrected chi connectivity index (χ3v) is 6.29. The van der Waals surface area contributed by atoms with Gasteiger partial charge >= 0.3 is 5.97 Å². The summed E-state index contributed by atoms with van der Waals surface area (Å²) in [5.74, 6) is -4.32. The van der Waals surface area contributed by atoms with Crippen LogP contribution in [0.25, 0.3) is 0 Å². The van der Waals surface area contributed by atoms with Crippen molar-refractivity contribution in [1.82, 2.24) is 5.32 Å². The lowest BCUT2D eigenvalue weighted by Gasteiger charge is -2.52. The molecule has 2 aliphatic rings. The van der Waals surface area contributed by atoms with Crippen LogP contribution in [0.4, 0.5) is 0 Å². The zero-order valence-corrected chi connectivity index (χ0v) is 18.5. The Morgan fingerprint density at radius 1 is 1.15 bits per heavy atom. The van der Waals surface area contributed by atoms with Crippen molar-refractivity contribution in [1.29, 1.82) is 0 Å². The van der Waals surface area contributed by atoms with Gasteiger partial charge in [-0.1, -0.05) is 0 Å². The summed E-state index contributed by atoms with van der Waals surface area (Å²) in [5, 5.41) is 94.5. The molecule has 0 radical (unpaired) electrons. The largest absolute Gasteiger partial charge is 0.479 e. The molecule has 0 aromatic rings. The van der Waals surface area contributed by atoms with Crippen LogP contribution in [0.1, 0.15) is 13.3 Å². The molecule has 0 aliphatic carbocycles. The number of aliphatic hydroxyl groups excluding tert-OH is 8. The molecule has 0 saturated carbocycles. The second-order valence-corrected chi connectivity index (χ2v) is 8.48. The van der Waals surface area contributed by atoms with E-state index in [2.05, 4.69) is 5.32 Å². The van der Waals surface area contributed by atoms with Crippen LogP contribution in [-0.4, -0.2) is 145 Å². The first-order chi connectivity index (χ1) is 15.9. The number of carboxylic acids is 1. The highest BCUT2D eigenvalue weighted by Crippen LogP contribution is 2.41. The van der Waals surface area contributed by atoms with Crippen molar-refractivity contribution in [3.8, 4) is 0 Å². The highest BCUT2D eigenvalue weighted by atomic mass is 16.7. The molecular weight excluding hydrogens is 466 g/mol. The average molecular weight is 499 g/mol. The van der Waals surface area contributed by atoms with E-state index in [-0.39, 0.29) is 0 Å². The van der Waals surface area contributed by atoms with E-state index < -0.39 is 104 Å². The van der Waals surface area contributed by atoms with Crippen LogP contribution in [-0.2, 0) is 23.8 Å². The fourth-order valence-electron chi connectivity index (χ4n) is 4.49. The predicted octanol–water partition coefficient (Wildman–Crippen LogP) is -5.76. The van der Waals surface area contributed by atoms with Crippen molar-refractivity contribution in [2.45, 2.75) is 80.1 Å². The molecule has 2 fully saturated rings. The highest BCUT2D eigenvalue weighted by molar-refractivity contribution is 5.79. The summed E-state index contributed by atoms with van der Waals surface area (Å²) >= 11 is 0. The molecular formula is C19H33NO14. The van der Waals surface area contributed by atoms with Gasteiger partial charge in [0.2, 0.25) is 5.91 Å². The number of nitrogens with one attached hydrogen (secondary N) is 1. The standard InChI is InChI=1S/C19H33NO14/c1-6(23)20-11-7(24)3-19(18(30)31,34-15(11)12(26)8(25)4-21)16(29)10-13(27)9(5-22)33-17(32-2)14(10)28/h7-17,21-22,24-29H,3-5H2,1-2H3,(H,20,23)(H,30,31)/t7?,8?,9?,10?,11?,12?,13?,14?,15?,16-,17?,19?/m1/s1. The summed E-state index contributed by atoms with van der Waals surface area (Å²) in [6.45, 7) is -0.700. The van der Waals surface area contributed by atoms with Crippen molar-refractivity contribution >= 4 is 11.9 Å². The van der Waals surface area contributed by atoms with Crippen molar-refractivity contribution in [2.24, 2.45) is 5.92 Å². The van der Waals surface area contributed by atoms with Gasteiger partial charge in [-0.05, 0) is 0 Å². The highest BCUT2D eigenvalue weighted by Gasteiger charge is 2.63. The van der Waals surface area contributed by atoms with Crippen LogP contribution < -0.4 is 5.32 Å². The van der Waals surface area contributed by atoms with Gasteiger partial charge in [-0.15, -0.1) is 0 Å². The molecule has 10 N–H and O–H groups in total. The molecule has 12 atom stereocenters. The summed E-state index contributed by atoms with van der Waals surface area (Å²) < 4.78 is 15.7. The van der Waals surface area contributed by atoms with Gasteiger partial charge in [-0.2, -0.15) is 0 Å². The molecule has 34 heavy (non-hydrogen) atoms. The summed E-state index contributed by atoms with van der Waals surface area (Å²) in [5.41, 5.74) is -2.79. The number of amides is 1. The molecule has 2 aliphatic heterocycles. The number of carbonyl (C=O) groups excluding carboxylic acids is 1. The van der Waals surface area contributed by atoms with Gasteiger partial charge in [0.25, 0.3) is 0 Å². The Balaban J connectivity index is 2.53. The second kappa shape index (κ2) is 11.5.